The standard InChI is InChI=1S/C17H20N2O3S2/c1-3-18-17(20)16-10-14(11-23-16)24(21,22)19-8-4-5-13-9-12(2)6-7-15(13)19/h6-7,9-11H,3-5,8H2,1-2H3,(H,18,20). The molecule has 0 saturated carbocycles. The number of nitrogens with one attached hydrogen (secondary N) is 1. The van der Waals surface area contributed by atoms with Gasteiger partial charge in [0.15, 0.2) is 0 Å². The third-order valence-corrected chi connectivity index (χ3v) is 6.90. The molecule has 1 N–H and O–H groups in total. The molecule has 128 valence electrons. The van der Waals surface area contributed by atoms with Crippen molar-refractivity contribution in [2.24, 2.45) is 0 Å². The van der Waals surface area contributed by atoms with E-state index in [1.54, 1.807) is 5.38 Å². The molecule has 1 aromatic heterocycles. The van der Waals surface area contributed by atoms with E-state index in [4.69, 9.17) is 0 Å². The van der Waals surface area contributed by atoms with E-state index in [9.17, 15) is 13.2 Å². The summed E-state index contributed by atoms with van der Waals surface area (Å²) < 4.78 is 27.5. The van der Waals surface area contributed by atoms with E-state index in [2.05, 4.69) is 5.32 Å². The number of fused-ring (bicyclic) bond motifs is 1. The van der Waals surface area contributed by atoms with Crippen molar-refractivity contribution in [1.82, 2.24) is 5.32 Å². The average Bonchev–Trinajstić information content (AvgIpc) is 3.05. The number of hydrogen-bond donors (Lipinski definition) is 1. The first-order valence-corrected chi connectivity index (χ1v) is 10.2. The van der Waals surface area contributed by atoms with Crippen molar-refractivity contribution < 1.29 is 13.2 Å². The molecule has 5 nitrogen and oxygen atoms in total. The van der Waals surface area contributed by atoms with E-state index in [0.717, 1.165) is 41.0 Å². The van der Waals surface area contributed by atoms with Gasteiger partial charge < -0.3 is 5.32 Å². The van der Waals surface area contributed by atoms with Crippen LogP contribution in [0.3, 0.4) is 0 Å². The van der Waals surface area contributed by atoms with Gasteiger partial charge in [-0.05, 0) is 44.4 Å². The van der Waals surface area contributed by atoms with Gasteiger partial charge >= 0.3 is 0 Å². The fourth-order valence-corrected chi connectivity index (χ4v) is 5.61. The molecule has 1 aliphatic heterocycles. The van der Waals surface area contributed by atoms with E-state index in [-0.39, 0.29) is 10.8 Å². The topological polar surface area (TPSA) is 66.5 Å². The van der Waals surface area contributed by atoms with Gasteiger partial charge in [-0.15, -0.1) is 11.3 Å². The molecule has 3 rings (SSSR count). The molecule has 1 aromatic carbocycles. The van der Waals surface area contributed by atoms with Crippen molar-refractivity contribution in [3.05, 3.63) is 45.6 Å². The summed E-state index contributed by atoms with van der Waals surface area (Å²) in [4.78, 5) is 12.5. The lowest BCUT2D eigenvalue weighted by Crippen LogP contribution is -2.35. The quantitative estimate of drug-likeness (QED) is 0.907. The van der Waals surface area contributed by atoms with E-state index in [1.165, 1.54) is 10.4 Å². The van der Waals surface area contributed by atoms with Gasteiger partial charge in [0.1, 0.15) is 0 Å². The van der Waals surface area contributed by atoms with Gasteiger partial charge in [-0.25, -0.2) is 8.42 Å². The van der Waals surface area contributed by atoms with Crippen LogP contribution in [0.2, 0.25) is 0 Å². The number of hydrogen-bond acceptors (Lipinski definition) is 4. The largest absolute Gasteiger partial charge is 0.352 e. The summed E-state index contributed by atoms with van der Waals surface area (Å²) in [5, 5.41) is 4.24. The highest BCUT2D eigenvalue weighted by Crippen LogP contribution is 2.33. The molecule has 0 unspecified atom stereocenters. The summed E-state index contributed by atoms with van der Waals surface area (Å²) in [5.74, 6) is -0.237. The third-order valence-electron chi connectivity index (χ3n) is 4.04. The normalized spacial score (nSPS) is 14.3. The minimum Gasteiger partial charge on any atom is -0.352 e. The molecule has 0 radical (unpaired) electrons. The lowest BCUT2D eigenvalue weighted by molar-refractivity contribution is 0.0959. The Bertz CT molecular complexity index is 872. The van der Waals surface area contributed by atoms with Gasteiger partial charge in [0.05, 0.1) is 15.5 Å². The smallest absolute Gasteiger partial charge is 0.265 e. The second kappa shape index (κ2) is 6.57. The highest BCUT2D eigenvalue weighted by molar-refractivity contribution is 7.93. The molecule has 0 atom stereocenters. The fraction of sp³-hybridized carbons (Fsp3) is 0.353. The molecule has 0 fully saturated rings. The lowest BCUT2D eigenvalue weighted by atomic mass is 10.0. The minimum absolute atomic E-state index is 0.183. The summed E-state index contributed by atoms with van der Waals surface area (Å²) >= 11 is 1.15. The van der Waals surface area contributed by atoms with Crippen LogP contribution in [0.5, 0.6) is 0 Å². The molecular weight excluding hydrogens is 344 g/mol. The Morgan fingerprint density at radius 3 is 2.88 bits per heavy atom. The van der Waals surface area contributed by atoms with E-state index in [1.807, 2.05) is 32.0 Å². The van der Waals surface area contributed by atoms with Crippen LogP contribution in [0.15, 0.2) is 34.5 Å². The summed E-state index contributed by atoms with van der Waals surface area (Å²) in [6.45, 7) is 4.81. The molecule has 0 saturated heterocycles. The molecule has 2 aromatic rings. The number of benzene rings is 1. The number of nitrogens with zero attached hydrogens (tertiary/aromatic N) is 1. The Morgan fingerprint density at radius 1 is 1.33 bits per heavy atom. The molecule has 0 aliphatic carbocycles. The van der Waals surface area contributed by atoms with Crippen molar-refractivity contribution in [2.75, 3.05) is 17.4 Å². The van der Waals surface area contributed by atoms with Crippen molar-refractivity contribution in [2.45, 2.75) is 31.6 Å². The predicted molar refractivity (Wildman–Crippen MR) is 96.4 cm³/mol. The second-order valence-electron chi connectivity index (χ2n) is 5.82. The monoisotopic (exact) mass is 364 g/mol. The predicted octanol–water partition coefficient (Wildman–Crippen LogP) is 2.95. The molecule has 0 spiro atoms. The van der Waals surface area contributed by atoms with Crippen molar-refractivity contribution in [1.29, 1.82) is 0 Å². The Labute approximate surface area is 146 Å². The highest BCUT2D eigenvalue weighted by atomic mass is 32.2. The molecule has 7 heteroatoms. The first kappa shape index (κ1) is 17.0. The van der Waals surface area contributed by atoms with Gasteiger partial charge in [0.2, 0.25) is 0 Å². The maximum atomic E-state index is 13.0. The molecular formula is C17H20N2O3S2. The Hall–Kier alpha value is -1.86. The average molecular weight is 364 g/mol. The number of thiophene rings is 1. The molecule has 1 amide bonds. The first-order chi connectivity index (χ1) is 11.4. The van der Waals surface area contributed by atoms with Crippen LogP contribution in [0.25, 0.3) is 0 Å². The maximum Gasteiger partial charge on any atom is 0.265 e. The minimum atomic E-state index is -3.65. The number of carbonyl (C=O) groups excluding carboxylic acids is 1. The summed E-state index contributed by atoms with van der Waals surface area (Å²) in [5.41, 5.74) is 2.93. The Kier molecular flexibility index (Phi) is 4.64. The molecule has 1 aliphatic rings. The fourth-order valence-electron chi connectivity index (χ4n) is 2.89. The van der Waals surface area contributed by atoms with Gasteiger partial charge in [0, 0.05) is 18.5 Å². The first-order valence-electron chi connectivity index (χ1n) is 7.92. The zero-order chi connectivity index (χ0) is 17.3. The van der Waals surface area contributed by atoms with E-state index >= 15 is 0 Å². The zero-order valence-corrected chi connectivity index (χ0v) is 15.3. The van der Waals surface area contributed by atoms with Gasteiger partial charge in [0.25, 0.3) is 15.9 Å². The van der Waals surface area contributed by atoms with Crippen LogP contribution in [0, 0.1) is 6.92 Å². The van der Waals surface area contributed by atoms with Crippen LogP contribution in [-0.4, -0.2) is 27.4 Å². The van der Waals surface area contributed by atoms with Crippen LogP contribution >= 0.6 is 11.3 Å². The summed E-state index contributed by atoms with van der Waals surface area (Å²) in [7, 11) is -3.65. The van der Waals surface area contributed by atoms with Crippen molar-refractivity contribution in [3.8, 4) is 0 Å². The number of aryl methyl sites for hydroxylation is 2. The number of sulfonamides is 1. The summed E-state index contributed by atoms with van der Waals surface area (Å²) in [6, 6.07) is 7.32. The number of anilines is 1. The Morgan fingerprint density at radius 2 is 2.12 bits per heavy atom. The highest BCUT2D eigenvalue weighted by Gasteiger charge is 2.30. The summed E-state index contributed by atoms with van der Waals surface area (Å²) in [6.07, 6.45) is 1.68. The van der Waals surface area contributed by atoms with Crippen LogP contribution in [0.1, 0.15) is 34.1 Å². The number of carbonyl (C=O) groups is 1. The van der Waals surface area contributed by atoms with Gasteiger partial charge in [-0.3, -0.25) is 9.10 Å². The van der Waals surface area contributed by atoms with E-state index in [0.29, 0.717) is 18.0 Å². The molecule has 2 heterocycles. The Balaban J connectivity index is 1.96. The van der Waals surface area contributed by atoms with Crippen LogP contribution < -0.4 is 9.62 Å². The maximum absolute atomic E-state index is 13.0. The molecule has 24 heavy (non-hydrogen) atoms. The zero-order valence-electron chi connectivity index (χ0n) is 13.7. The third kappa shape index (κ3) is 3.06. The van der Waals surface area contributed by atoms with Crippen LogP contribution in [0.4, 0.5) is 5.69 Å². The SMILES string of the molecule is CCNC(=O)c1cc(S(=O)(=O)N2CCCc3cc(C)ccc32)cs1. The van der Waals surface area contributed by atoms with Crippen molar-refractivity contribution >= 4 is 33.0 Å². The second-order valence-corrected chi connectivity index (χ2v) is 8.59. The van der Waals surface area contributed by atoms with Crippen LogP contribution in [-0.2, 0) is 16.4 Å². The van der Waals surface area contributed by atoms with Gasteiger partial charge in [-0.1, -0.05) is 17.7 Å². The van der Waals surface area contributed by atoms with E-state index < -0.39 is 10.0 Å². The lowest BCUT2D eigenvalue weighted by Gasteiger charge is -2.30. The number of amides is 1. The molecule has 0 bridgehead atoms. The van der Waals surface area contributed by atoms with Gasteiger partial charge in [-0.2, -0.15) is 0 Å². The van der Waals surface area contributed by atoms with Crippen molar-refractivity contribution in [3.63, 3.8) is 0 Å². The number of rotatable bonds is 4.